The van der Waals surface area contributed by atoms with E-state index >= 15 is 0 Å². The number of allylic oxidation sites excluding steroid dienone is 12. The van der Waals surface area contributed by atoms with Crippen LogP contribution in [-0.2, 0) is 14.3 Å². The molecule has 9 nitrogen and oxygen atoms in total. The maximum Gasteiger partial charge on any atom is 0.220 e. The Bertz CT molecular complexity index is 1310. The van der Waals surface area contributed by atoms with Gasteiger partial charge in [-0.2, -0.15) is 0 Å². The maximum absolute atomic E-state index is 13.1. The molecule has 1 heterocycles. The van der Waals surface area contributed by atoms with Gasteiger partial charge in [0.05, 0.1) is 25.4 Å². The second-order valence-electron chi connectivity index (χ2n) is 19.7. The van der Waals surface area contributed by atoms with Crippen molar-refractivity contribution in [3.63, 3.8) is 0 Å². The fourth-order valence-electron chi connectivity index (χ4n) is 8.81. The summed E-state index contributed by atoms with van der Waals surface area (Å²) in [7, 11) is 0. The quantitative estimate of drug-likeness (QED) is 0.0261. The second-order valence-corrected chi connectivity index (χ2v) is 19.7. The van der Waals surface area contributed by atoms with E-state index in [1.54, 1.807) is 0 Å². The van der Waals surface area contributed by atoms with Crippen LogP contribution in [0.2, 0.25) is 0 Å². The molecule has 7 unspecified atom stereocenters. The van der Waals surface area contributed by atoms with Crippen LogP contribution < -0.4 is 5.32 Å². The number of carbonyl (C=O) groups excluding carboxylic acids is 1. The average Bonchev–Trinajstić information content (AvgIpc) is 3.35. The number of hydrogen-bond acceptors (Lipinski definition) is 8. The number of rotatable bonds is 48. The third-order valence-electron chi connectivity index (χ3n) is 13.3. The SMILES string of the molecule is CC/C=C\C/C=C\C/C=C\C/C=C\C/C=C\C/C=C\CCCCCCCCCCCCCCCCC(=O)NC(COC1OC(CO)C(O)C(O)C1O)C(O)CCCCCCCCCCCCCCC. The normalized spacial score (nSPS) is 20.0. The summed E-state index contributed by atoms with van der Waals surface area (Å²) in [6, 6.07) is -0.721. The number of nitrogens with one attached hydrogen (secondary N) is 1. The van der Waals surface area contributed by atoms with Gasteiger partial charge in [0.25, 0.3) is 0 Å². The Morgan fingerprint density at radius 1 is 0.507 bits per heavy atom. The highest BCUT2D eigenvalue weighted by Crippen LogP contribution is 2.23. The minimum absolute atomic E-state index is 0.139. The van der Waals surface area contributed by atoms with E-state index in [1.165, 1.54) is 141 Å². The van der Waals surface area contributed by atoms with Crippen molar-refractivity contribution in [2.24, 2.45) is 0 Å². The van der Waals surface area contributed by atoms with Crippen molar-refractivity contribution in [3.05, 3.63) is 72.9 Å². The van der Waals surface area contributed by atoms with Crippen LogP contribution in [0.1, 0.15) is 245 Å². The molecule has 0 saturated carbocycles. The molecular formula is C60H107NO8. The molecule has 0 spiro atoms. The molecule has 1 aliphatic heterocycles. The predicted octanol–water partition coefficient (Wildman–Crippen LogP) is 14.1. The van der Waals surface area contributed by atoms with Gasteiger partial charge in [-0.15, -0.1) is 0 Å². The zero-order valence-electron chi connectivity index (χ0n) is 44.3. The number of unbranched alkanes of at least 4 members (excludes halogenated alkanes) is 26. The number of aliphatic hydroxyl groups is 5. The van der Waals surface area contributed by atoms with Crippen molar-refractivity contribution in [3.8, 4) is 0 Å². The van der Waals surface area contributed by atoms with Crippen molar-refractivity contribution in [1.29, 1.82) is 0 Å². The molecule has 1 saturated heterocycles. The smallest absolute Gasteiger partial charge is 0.220 e. The van der Waals surface area contributed by atoms with Crippen LogP contribution in [0.25, 0.3) is 0 Å². The van der Waals surface area contributed by atoms with Gasteiger partial charge in [-0.25, -0.2) is 0 Å². The van der Waals surface area contributed by atoms with Crippen LogP contribution in [0.5, 0.6) is 0 Å². The highest BCUT2D eigenvalue weighted by molar-refractivity contribution is 5.76. The lowest BCUT2D eigenvalue weighted by Gasteiger charge is -2.40. The van der Waals surface area contributed by atoms with Crippen LogP contribution in [-0.4, -0.2) is 87.5 Å². The summed E-state index contributed by atoms with van der Waals surface area (Å²) in [6.07, 6.45) is 60.7. The first-order chi connectivity index (χ1) is 33.8. The summed E-state index contributed by atoms with van der Waals surface area (Å²) in [5, 5.41) is 54.6. The molecule has 400 valence electrons. The van der Waals surface area contributed by atoms with E-state index in [1.807, 2.05) is 0 Å². The minimum atomic E-state index is -1.55. The summed E-state index contributed by atoms with van der Waals surface area (Å²) in [6.45, 7) is 3.72. The zero-order valence-corrected chi connectivity index (χ0v) is 44.3. The van der Waals surface area contributed by atoms with Crippen molar-refractivity contribution in [2.45, 2.75) is 288 Å². The molecule has 69 heavy (non-hydrogen) atoms. The van der Waals surface area contributed by atoms with Crippen LogP contribution in [0.3, 0.4) is 0 Å². The lowest BCUT2D eigenvalue weighted by molar-refractivity contribution is -0.302. The van der Waals surface area contributed by atoms with Crippen LogP contribution >= 0.6 is 0 Å². The lowest BCUT2D eigenvalue weighted by Crippen LogP contribution is -2.60. The molecule has 0 aliphatic carbocycles. The first kappa shape index (κ1) is 64.6. The van der Waals surface area contributed by atoms with Gasteiger partial charge in [-0.05, 0) is 64.2 Å². The molecule has 0 bridgehead atoms. The van der Waals surface area contributed by atoms with E-state index in [4.69, 9.17) is 9.47 Å². The van der Waals surface area contributed by atoms with Crippen molar-refractivity contribution in [2.75, 3.05) is 13.2 Å². The molecular weight excluding hydrogens is 863 g/mol. The Morgan fingerprint density at radius 3 is 1.33 bits per heavy atom. The van der Waals surface area contributed by atoms with Gasteiger partial charge in [0.1, 0.15) is 24.4 Å². The Labute approximate surface area is 423 Å². The predicted molar refractivity (Wildman–Crippen MR) is 290 cm³/mol. The van der Waals surface area contributed by atoms with Crippen molar-refractivity contribution >= 4 is 5.91 Å². The number of hydrogen-bond donors (Lipinski definition) is 6. The van der Waals surface area contributed by atoms with Gasteiger partial charge in [0.2, 0.25) is 5.91 Å². The first-order valence-electron chi connectivity index (χ1n) is 28.6. The molecule has 0 aromatic heterocycles. The average molecular weight is 971 g/mol. The van der Waals surface area contributed by atoms with E-state index < -0.39 is 49.5 Å². The summed E-state index contributed by atoms with van der Waals surface area (Å²) < 4.78 is 11.3. The van der Waals surface area contributed by atoms with E-state index in [0.29, 0.717) is 12.8 Å². The summed E-state index contributed by atoms with van der Waals surface area (Å²) >= 11 is 0. The van der Waals surface area contributed by atoms with Gasteiger partial charge in [0, 0.05) is 6.42 Å². The highest BCUT2D eigenvalue weighted by atomic mass is 16.7. The van der Waals surface area contributed by atoms with Gasteiger partial charge >= 0.3 is 0 Å². The van der Waals surface area contributed by atoms with Crippen LogP contribution in [0.15, 0.2) is 72.9 Å². The second kappa shape index (κ2) is 49.2. The third-order valence-corrected chi connectivity index (χ3v) is 13.3. The highest BCUT2D eigenvalue weighted by Gasteiger charge is 2.44. The maximum atomic E-state index is 13.1. The van der Waals surface area contributed by atoms with Crippen molar-refractivity contribution in [1.82, 2.24) is 5.32 Å². The Kier molecular flexibility index (Phi) is 46.1. The Hall–Kier alpha value is -2.37. The fraction of sp³-hybridized carbons (Fsp3) is 0.783. The molecule has 1 amide bonds. The van der Waals surface area contributed by atoms with E-state index in [9.17, 15) is 30.3 Å². The molecule has 6 N–H and O–H groups in total. The van der Waals surface area contributed by atoms with E-state index in [0.717, 1.165) is 77.0 Å². The summed E-state index contributed by atoms with van der Waals surface area (Å²) in [5.41, 5.74) is 0. The van der Waals surface area contributed by atoms with Gasteiger partial charge in [-0.1, -0.05) is 247 Å². The largest absolute Gasteiger partial charge is 0.394 e. The number of amides is 1. The Balaban J connectivity index is 2.13. The Morgan fingerprint density at radius 2 is 0.899 bits per heavy atom. The van der Waals surface area contributed by atoms with Crippen LogP contribution in [0.4, 0.5) is 0 Å². The molecule has 1 rings (SSSR count). The number of aliphatic hydroxyl groups excluding tert-OH is 5. The van der Waals surface area contributed by atoms with Gasteiger partial charge in [-0.3, -0.25) is 4.79 Å². The summed E-state index contributed by atoms with van der Waals surface area (Å²) in [5.74, 6) is -0.147. The molecule has 0 radical (unpaired) electrons. The number of ether oxygens (including phenoxy) is 2. The van der Waals surface area contributed by atoms with Gasteiger partial charge < -0.3 is 40.3 Å². The van der Waals surface area contributed by atoms with Gasteiger partial charge in [0.15, 0.2) is 6.29 Å². The topological polar surface area (TPSA) is 149 Å². The molecule has 1 fully saturated rings. The standard InChI is InChI=1S/C60H107NO8/c1-3-5-7-9-11-13-15-17-18-19-20-21-22-23-24-25-26-27-28-29-30-31-32-33-34-35-36-38-40-42-44-46-48-50-56(64)61-53(52-68-60-59(67)58(66)57(65)55(51-62)69-60)54(63)49-47-45-43-41-39-37-16-14-12-10-8-6-4-2/h5,7,11,13,17-18,20-21,23-24,26-27,53-55,57-60,62-63,65-67H,3-4,6,8-10,12,14-16,19,22,25,28-52H2,1-2H3,(H,61,64)/b7-5-,13-11-,18-17-,21-20-,24-23-,27-26-. The van der Waals surface area contributed by atoms with E-state index in [-0.39, 0.29) is 12.5 Å². The van der Waals surface area contributed by atoms with E-state index in [2.05, 4.69) is 92.1 Å². The van der Waals surface area contributed by atoms with Crippen LogP contribution in [0, 0.1) is 0 Å². The van der Waals surface area contributed by atoms with Crippen molar-refractivity contribution < 1.29 is 39.8 Å². The lowest BCUT2D eigenvalue weighted by atomic mass is 9.99. The monoisotopic (exact) mass is 970 g/mol. The zero-order chi connectivity index (χ0) is 50.1. The molecule has 1 aliphatic rings. The third kappa shape index (κ3) is 38.9. The first-order valence-corrected chi connectivity index (χ1v) is 28.6. The fourth-order valence-corrected chi connectivity index (χ4v) is 8.81. The number of carbonyl (C=O) groups is 1. The molecule has 0 aromatic carbocycles. The summed E-state index contributed by atoms with van der Waals surface area (Å²) in [4.78, 5) is 13.1. The minimum Gasteiger partial charge on any atom is -0.394 e. The molecule has 7 atom stereocenters. The molecule has 9 heteroatoms. The molecule has 0 aromatic rings.